The monoisotopic (exact) mass is 306 g/mol. The molecule has 1 aromatic carbocycles. The topological polar surface area (TPSA) is 87.7 Å². The van der Waals surface area contributed by atoms with E-state index in [-0.39, 0.29) is 18.9 Å². The summed E-state index contributed by atoms with van der Waals surface area (Å²) in [5.41, 5.74) is 0.0726. The van der Waals surface area contributed by atoms with E-state index in [0.29, 0.717) is 6.54 Å². The molecule has 1 heterocycles. The zero-order chi connectivity index (χ0) is 16.0. The van der Waals surface area contributed by atoms with Crippen molar-refractivity contribution in [3.05, 3.63) is 35.9 Å². The second-order valence-corrected chi connectivity index (χ2v) is 5.86. The Labute approximate surface area is 129 Å². The molecule has 2 unspecified atom stereocenters. The molecule has 6 nitrogen and oxygen atoms in total. The summed E-state index contributed by atoms with van der Waals surface area (Å²) < 4.78 is 5.20. The molecule has 1 aromatic rings. The number of carbonyl (C=O) groups excluding carboxylic acids is 1. The van der Waals surface area contributed by atoms with Gasteiger partial charge < -0.3 is 20.5 Å². The zero-order valence-electron chi connectivity index (χ0n) is 12.7. The van der Waals surface area contributed by atoms with Gasteiger partial charge in [-0.05, 0) is 31.4 Å². The Morgan fingerprint density at radius 3 is 2.73 bits per heavy atom. The highest BCUT2D eigenvalue weighted by atomic mass is 16.5. The summed E-state index contributed by atoms with van der Waals surface area (Å²) in [5, 5.41) is 15.1. The van der Waals surface area contributed by atoms with Crippen LogP contribution in [0.2, 0.25) is 0 Å². The summed E-state index contributed by atoms with van der Waals surface area (Å²) in [6, 6.07) is 9.36. The summed E-state index contributed by atoms with van der Waals surface area (Å²) in [7, 11) is 0. The Kier molecular flexibility index (Phi) is 5.38. The van der Waals surface area contributed by atoms with Crippen LogP contribution in [0.15, 0.2) is 30.3 Å². The van der Waals surface area contributed by atoms with Gasteiger partial charge in [-0.25, -0.2) is 4.79 Å². The van der Waals surface area contributed by atoms with E-state index in [1.807, 2.05) is 30.3 Å². The van der Waals surface area contributed by atoms with Crippen LogP contribution in [0.25, 0.3) is 0 Å². The molecule has 22 heavy (non-hydrogen) atoms. The number of nitrogens with one attached hydrogen (secondary N) is 2. The molecule has 0 aromatic heterocycles. The molecule has 1 saturated heterocycles. The number of rotatable bonds is 6. The number of hydrogen-bond acceptors (Lipinski definition) is 4. The molecular weight excluding hydrogens is 284 g/mol. The van der Waals surface area contributed by atoms with Gasteiger partial charge in [-0.2, -0.15) is 0 Å². The van der Waals surface area contributed by atoms with E-state index in [2.05, 4.69) is 10.6 Å². The van der Waals surface area contributed by atoms with Crippen molar-refractivity contribution in [3.8, 4) is 0 Å². The molecule has 0 radical (unpaired) electrons. The van der Waals surface area contributed by atoms with Gasteiger partial charge in [0.25, 0.3) is 0 Å². The SMILES string of the molecule is CC(CC(=O)O)(NC(=O)OCc1ccccc1)C1CCNC1. The van der Waals surface area contributed by atoms with Crippen LogP contribution < -0.4 is 10.6 Å². The molecule has 2 rings (SSSR count). The van der Waals surface area contributed by atoms with Gasteiger partial charge in [0, 0.05) is 6.54 Å². The Hall–Kier alpha value is -2.08. The lowest BCUT2D eigenvalue weighted by Crippen LogP contribution is -2.53. The number of carboxylic acids is 1. The maximum atomic E-state index is 12.0. The molecule has 1 amide bonds. The van der Waals surface area contributed by atoms with Crippen molar-refractivity contribution in [1.29, 1.82) is 0 Å². The van der Waals surface area contributed by atoms with Gasteiger partial charge in [0.1, 0.15) is 6.61 Å². The van der Waals surface area contributed by atoms with E-state index in [9.17, 15) is 9.59 Å². The van der Waals surface area contributed by atoms with Gasteiger partial charge in [0.15, 0.2) is 0 Å². The summed E-state index contributed by atoms with van der Waals surface area (Å²) in [4.78, 5) is 23.1. The zero-order valence-corrected chi connectivity index (χ0v) is 12.7. The lowest BCUT2D eigenvalue weighted by molar-refractivity contribution is -0.139. The smallest absolute Gasteiger partial charge is 0.407 e. The van der Waals surface area contributed by atoms with Crippen molar-refractivity contribution < 1.29 is 19.4 Å². The fraction of sp³-hybridized carbons (Fsp3) is 0.500. The van der Waals surface area contributed by atoms with E-state index in [1.165, 1.54) is 0 Å². The second kappa shape index (κ2) is 7.26. The van der Waals surface area contributed by atoms with Crippen LogP contribution in [0.3, 0.4) is 0 Å². The molecule has 1 aliphatic rings. The lowest BCUT2D eigenvalue weighted by atomic mass is 9.82. The van der Waals surface area contributed by atoms with Crippen molar-refractivity contribution in [2.45, 2.75) is 31.9 Å². The molecular formula is C16H22N2O4. The minimum atomic E-state index is -0.933. The summed E-state index contributed by atoms with van der Waals surface area (Å²) in [6.07, 6.45) is 0.127. The molecule has 6 heteroatoms. The van der Waals surface area contributed by atoms with Crippen LogP contribution in [-0.2, 0) is 16.1 Å². The van der Waals surface area contributed by atoms with E-state index in [0.717, 1.165) is 18.5 Å². The summed E-state index contributed by atoms with van der Waals surface area (Å²) >= 11 is 0. The number of ether oxygens (including phenoxy) is 1. The normalized spacial score (nSPS) is 20.1. The minimum Gasteiger partial charge on any atom is -0.481 e. The van der Waals surface area contributed by atoms with Gasteiger partial charge in [-0.15, -0.1) is 0 Å². The molecule has 0 aliphatic carbocycles. The van der Waals surface area contributed by atoms with E-state index in [1.54, 1.807) is 6.92 Å². The van der Waals surface area contributed by atoms with Gasteiger partial charge in [0.05, 0.1) is 12.0 Å². The number of carbonyl (C=O) groups is 2. The number of amides is 1. The average molecular weight is 306 g/mol. The second-order valence-electron chi connectivity index (χ2n) is 5.86. The molecule has 1 aliphatic heterocycles. The highest BCUT2D eigenvalue weighted by Crippen LogP contribution is 2.27. The van der Waals surface area contributed by atoms with E-state index in [4.69, 9.17) is 9.84 Å². The van der Waals surface area contributed by atoms with Crippen molar-refractivity contribution in [3.63, 3.8) is 0 Å². The largest absolute Gasteiger partial charge is 0.481 e. The predicted molar refractivity (Wildman–Crippen MR) is 81.4 cm³/mol. The number of aliphatic carboxylic acids is 1. The summed E-state index contributed by atoms with van der Waals surface area (Å²) in [5.74, 6) is -0.856. The van der Waals surface area contributed by atoms with Crippen LogP contribution >= 0.6 is 0 Å². The van der Waals surface area contributed by atoms with Crippen molar-refractivity contribution >= 4 is 12.1 Å². The standard InChI is InChI=1S/C16H22N2O4/c1-16(9-14(19)20,13-7-8-17-10-13)18-15(21)22-11-12-5-3-2-4-6-12/h2-6,13,17H,7-11H2,1H3,(H,18,21)(H,19,20). The Morgan fingerprint density at radius 2 is 2.14 bits per heavy atom. The Morgan fingerprint density at radius 1 is 1.41 bits per heavy atom. The quantitative estimate of drug-likeness (QED) is 0.745. The first-order valence-electron chi connectivity index (χ1n) is 7.41. The third-order valence-electron chi connectivity index (χ3n) is 4.08. The van der Waals surface area contributed by atoms with Crippen LogP contribution in [0.5, 0.6) is 0 Å². The molecule has 2 atom stereocenters. The van der Waals surface area contributed by atoms with E-state index < -0.39 is 17.6 Å². The van der Waals surface area contributed by atoms with Gasteiger partial charge >= 0.3 is 12.1 Å². The lowest BCUT2D eigenvalue weighted by Gasteiger charge is -2.34. The third-order valence-corrected chi connectivity index (χ3v) is 4.08. The predicted octanol–water partition coefficient (Wildman–Crippen LogP) is 1.76. The van der Waals surface area contributed by atoms with Gasteiger partial charge in [-0.3, -0.25) is 4.79 Å². The first kappa shape index (κ1) is 16.3. The maximum absolute atomic E-state index is 12.0. The van der Waals surface area contributed by atoms with Gasteiger partial charge in [0.2, 0.25) is 0 Å². The van der Waals surface area contributed by atoms with Gasteiger partial charge in [-0.1, -0.05) is 30.3 Å². The first-order chi connectivity index (χ1) is 10.5. The number of benzene rings is 1. The molecule has 0 bridgehead atoms. The van der Waals surface area contributed by atoms with Crippen LogP contribution in [0.1, 0.15) is 25.3 Å². The molecule has 1 fully saturated rings. The highest BCUT2D eigenvalue weighted by Gasteiger charge is 2.39. The fourth-order valence-corrected chi connectivity index (χ4v) is 2.80. The molecule has 0 saturated carbocycles. The van der Waals surface area contributed by atoms with Crippen LogP contribution in [0, 0.1) is 5.92 Å². The first-order valence-corrected chi connectivity index (χ1v) is 7.41. The molecule has 0 spiro atoms. The Balaban J connectivity index is 1.94. The minimum absolute atomic E-state index is 0.0767. The fourth-order valence-electron chi connectivity index (χ4n) is 2.80. The maximum Gasteiger partial charge on any atom is 0.407 e. The third kappa shape index (κ3) is 4.46. The average Bonchev–Trinajstić information content (AvgIpc) is 3.00. The summed E-state index contributed by atoms with van der Waals surface area (Å²) in [6.45, 7) is 3.46. The van der Waals surface area contributed by atoms with Crippen molar-refractivity contribution in [1.82, 2.24) is 10.6 Å². The number of hydrogen-bond donors (Lipinski definition) is 3. The number of alkyl carbamates (subject to hydrolysis) is 1. The highest BCUT2D eigenvalue weighted by molar-refractivity contribution is 5.72. The number of carboxylic acid groups (broad SMARTS) is 1. The Bertz CT molecular complexity index is 514. The molecule has 120 valence electrons. The van der Waals surface area contributed by atoms with Crippen molar-refractivity contribution in [2.75, 3.05) is 13.1 Å². The van der Waals surface area contributed by atoms with E-state index >= 15 is 0 Å². The van der Waals surface area contributed by atoms with Crippen LogP contribution in [0.4, 0.5) is 4.79 Å². The molecule has 3 N–H and O–H groups in total. The van der Waals surface area contributed by atoms with Crippen molar-refractivity contribution in [2.24, 2.45) is 5.92 Å². The van der Waals surface area contributed by atoms with Crippen LogP contribution in [-0.4, -0.2) is 35.8 Å².